The predicted molar refractivity (Wildman–Crippen MR) is 107 cm³/mol. The molecule has 0 amide bonds. The first-order valence-electron chi connectivity index (χ1n) is 9.12. The van der Waals surface area contributed by atoms with Crippen molar-refractivity contribution in [3.63, 3.8) is 0 Å². The summed E-state index contributed by atoms with van der Waals surface area (Å²) in [6.07, 6.45) is -5.31. The van der Waals surface area contributed by atoms with Crippen LogP contribution in [0.5, 0.6) is 11.5 Å². The van der Waals surface area contributed by atoms with E-state index in [-0.39, 0.29) is 34.5 Å². The summed E-state index contributed by atoms with van der Waals surface area (Å²) in [6, 6.07) is 11.5. The van der Waals surface area contributed by atoms with Crippen molar-refractivity contribution in [2.45, 2.75) is 12.3 Å². The zero-order valence-corrected chi connectivity index (χ0v) is 16.2. The Kier molecular flexibility index (Phi) is 5.02. The number of aliphatic imine (C=N–C) groups is 1. The van der Waals surface area contributed by atoms with Crippen LogP contribution >= 0.6 is 0 Å². The maximum atomic E-state index is 13.8. The van der Waals surface area contributed by atoms with Crippen LogP contribution in [-0.2, 0) is 6.18 Å². The number of ether oxygens (including phenoxy) is 1. The number of hydrogen-bond donors (Lipinski definition) is 2. The fourth-order valence-corrected chi connectivity index (χ4v) is 3.20. The van der Waals surface area contributed by atoms with Gasteiger partial charge < -0.3 is 21.1 Å². The number of halogens is 4. The summed E-state index contributed by atoms with van der Waals surface area (Å²) in [4.78, 5) is 9.96. The average molecular weight is 431 g/mol. The lowest BCUT2D eigenvalue weighted by Gasteiger charge is -2.30. The van der Waals surface area contributed by atoms with Crippen LogP contribution < -0.4 is 16.2 Å². The zero-order chi connectivity index (χ0) is 22.3. The van der Waals surface area contributed by atoms with E-state index in [0.29, 0.717) is 5.56 Å². The van der Waals surface area contributed by atoms with E-state index >= 15 is 0 Å². The van der Waals surface area contributed by atoms with E-state index < -0.39 is 23.7 Å². The molecule has 0 bridgehead atoms. The van der Waals surface area contributed by atoms with E-state index in [0.717, 1.165) is 18.2 Å². The maximum absolute atomic E-state index is 13.8. The monoisotopic (exact) mass is 431 g/mol. The largest absolute Gasteiger partial charge is 0.457 e. The SMILES string of the molecule is CN1C(N)=Nc2nc(-c3c(Oc4ccc(F)cc4)cccc3C(F)(F)F)ccc2C1N. The molecule has 0 aliphatic carbocycles. The molecular weight excluding hydrogens is 414 g/mol. The number of rotatable bonds is 3. The van der Waals surface area contributed by atoms with Crippen molar-refractivity contribution in [2.75, 3.05) is 7.05 Å². The second kappa shape index (κ2) is 7.55. The summed E-state index contributed by atoms with van der Waals surface area (Å²) in [5, 5.41) is 0. The highest BCUT2D eigenvalue weighted by atomic mass is 19.4. The summed E-state index contributed by atoms with van der Waals surface area (Å²) in [5.74, 6) is -0.194. The van der Waals surface area contributed by atoms with Crippen LogP contribution in [0.25, 0.3) is 11.3 Å². The molecule has 1 unspecified atom stereocenters. The first kappa shape index (κ1) is 20.6. The Morgan fingerprint density at radius 2 is 1.74 bits per heavy atom. The van der Waals surface area contributed by atoms with Crippen molar-refractivity contribution in [2.24, 2.45) is 16.5 Å². The minimum atomic E-state index is -4.67. The smallest absolute Gasteiger partial charge is 0.417 e. The Bertz CT molecular complexity index is 1160. The molecule has 4 rings (SSSR count). The lowest BCUT2D eigenvalue weighted by Crippen LogP contribution is -2.43. The minimum Gasteiger partial charge on any atom is -0.457 e. The topological polar surface area (TPSA) is 89.8 Å². The van der Waals surface area contributed by atoms with Gasteiger partial charge in [-0.2, -0.15) is 18.2 Å². The molecule has 10 heteroatoms. The van der Waals surface area contributed by atoms with Crippen molar-refractivity contribution < 1.29 is 22.3 Å². The second-order valence-electron chi connectivity index (χ2n) is 6.87. The van der Waals surface area contributed by atoms with Gasteiger partial charge >= 0.3 is 6.18 Å². The number of nitrogens with two attached hydrogens (primary N) is 2. The number of benzene rings is 2. The molecule has 0 saturated carbocycles. The number of pyridine rings is 1. The molecule has 0 spiro atoms. The molecule has 0 radical (unpaired) electrons. The summed E-state index contributed by atoms with van der Waals surface area (Å²) in [6.45, 7) is 0. The molecule has 1 aliphatic rings. The standard InChI is InChI=1S/C21H17F4N5O/c1-30-18(26)13-9-10-15(28-19(13)29-20(30)27)17-14(21(23,24)25)3-2-4-16(17)31-12-7-5-11(22)6-8-12/h2-10,18H,26H2,1H3,(H2,27,28,29). The van der Waals surface area contributed by atoms with Gasteiger partial charge in [-0.1, -0.05) is 6.07 Å². The van der Waals surface area contributed by atoms with Crippen LogP contribution in [0.2, 0.25) is 0 Å². The van der Waals surface area contributed by atoms with E-state index in [1.165, 1.54) is 35.2 Å². The Hall–Kier alpha value is -3.66. The zero-order valence-electron chi connectivity index (χ0n) is 16.2. The molecule has 1 atom stereocenters. The summed E-state index contributed by atoms with van der Waals surface area (Å²) in [7, 11) is 1.65. The third-order valence-electron chi connectivity index (χ3n) is 4.85. The van der Waals surface area contributed by atoms with Gasteiger partial charge in [-0.15, -0.1) is 0 Å². The predicted octanol–water partition coefficient (Wildman–Crippen LogP) is 4.55. The number of nitrogens with zero attached hydrogens (tertiary/aromatic N) is 3. The molecule has 1 aromatic heterocycles. The first-order chi connectivity index (χ1) is 14.6. The Morgan fingerprint density at radius 1 is 1.03 bits per heavy atom. The Morgan fingerprint density at radius 3 is 2.42 bits per heavy atom. The van der Waals surface area contributed by atoms with Crippen LogP contribution in [0.3, 0.4) is 0 Å². The lowest BCUT2D eigenvalue weighted by atomic mass is 10.0. The molecule has 0 saturated heterocycles. The number of aromatic nitrogens is 1. The average Bonchev–Trinajstić information content (AvgIpc) is 2.72. The van der Waals surface area contributed by atoms with Crippen LogP contribution in [0.15, 0.2) is 59.6 Å². The summed E-state index contributed by atoms with van der Waals surface area (Å²) in [5.41, 5.74) is 11.2. The number of alkyl halides is 3. The third kappa shape index (κ3) is 3.89. The van der Waals surface area contributed by atoms with Gasteiger partial charge in [0.25, 0.3) is 0 Å². The summed E-state index contributed by atoms with van der Waals surface area (Å²) >= 11 is 0. The van der Waals surface area contributed by atoms with Gasteiger partial charge in [0.1, 0.15) is 23.5 Å². The molecule has 2 heterocycles. The highest BCUT2D eigenvalue weighted by Gasteiger charge is 2.36. The molecule has 2 aromatic carbocycles. The molecule has 160 valence electrons. The van der Waals surface area contributed by atoms with E-state index in [9.17, 15) is 17.6 Å². The van der Waals surface area contributed by atoms with Gasteiger partial charge in [0.2, 0.25) is 0 Å². The number of fused-ring (bicyclic) bond motifs is 1. The normalized spacial score (nSPS) is 16.0. The Labute approximate surface area is 174 Å². The molecule has 0 fully saturated rings. The highest BCUT2D eigenvalue weighted by molar-refractivity contribution is 5.84. The van der Waals surface area contributed by atoms with Gasteiger partial charge in [-0.3, -0.25) is 0 Å². The van der Waals surface area contributed by atoms with Crippen molar-refractivity contribution in [1.29, 1.82) is 0 Å². The molecule has 3 aromatic rings. The molecule has 1 aliphatic heterocycles. The highest BCUT2D eigenvalue weighted by Crippen LogP contribution is 2.44. The molecule has 6 nitrogen and oxygen atoms in total. The fraction of sp³-hybridized carbons (Fsp3) is 0.143. The van der Waals surface area contributed by atoms with Crippen molar-refractivity contribution in [3.05, 3.63) is 71.5 Å². The Balaban J connectivity index is 1.88. The quantitative estimate of drug-likeness (QED) is 0.594. The van der Waals surface area contributed by atoms with Gasteiger partial charge in [-0.05, 0) is 48.5 Å². The lowest BCUT2D eigenvalue weighted by molar-refractivity contribution is -0.137. The first-order valence-corrected chi connectivity index (χ1v) is 9.12. The van der Waals surface area contributed by atoms with Crippen molar-refractivity contribution in [1.82, 2.24) is 9.88 Å². The van der Waals surface area contributed by atoms with Crippen molar-refractivity contribution in [3.8, 4) is 22.8 Å². The number of guanidine groups is 1. The maximum Gasteiger partial charge on any atom is 0.417 e. The summed E-state index contributed by atoms with van der Waals surface area (Å²) < 4.78 is 60.3. The van der Waals surface area contributed by atoms with Gasteiger partial charge in [0.15, 0.2) is 11.8 Å². The van der Waals surface area contributed by atoms with E-state index in [1.54, 1.807) is 13.1 Å². The molecule has 31 heavy (non-hydrogen) atoms. The molecule has 4 N–H and O–H groups in total. The van der Waals surface area contributed by atoms with E-state index in [1.807, 2.05) is 0 Å². The van der Waals surface area contributed by atoms with Crippen LogP contribution in [-0.4, -0.2) is 22.9 Å². The number of hydrogen-bond acceptors (Lipinski definition) is 6. The minimum absolute atomic E-state index is 0.0166. The third-order valence-corrected chi connectivity index (χ3v) is 4.85. The molecular formula is C21H17F4N5O. The fourth-order valence-electron chi connectivity index (χ4n) is 3.20. The van der Waals surface area contributed by atoms with E-state index in [4.69, 9.17) is 16.2 Å². The van der Waals surface area contributed by atoms with Crippen LogP contribution in [0, 0.1) is 5.82 Å². The van der Waals surface area contributed by atoms with Gasteiger partial charge in [0, 0.05) is 12.6 Å². The van der Waals surface area contributed by atoms with Crippen LogP contribution in [0.4, 0.5) is 23.4 Å². The van der Waals surface area contributed by atoms with Gasteiger partial charge in [0.05, 0.1) is 16.8 Å². The van der Waals surface area contributed by atoms with Gasteiger partial charge in [-0.25, -0.2) is 9.37 Å². The second-order valence-corrected chi connectivity index (χ2v) is 6.87. The van der Waals surface area contributed by atoms with Crippen molar-refractivity contribution >= 4 is 11.8 Å². The van der Waals surface area contributed by atoms with E-state index in [2.05, 4.69) is 9.98 Å². The van der Waals surface area contributed by atoms with Crippen LogP contribution in [0.1, 0.15) is 17.3 Å².